The first-order chi connectivity index (χ1) is 9.20. The summed E-state index contributed by atoms with van der Waals surface area (Å²) in [6.45, 7) is 2.35. The number of aromatic amines is 1. The van der Waals surface area contributed by atoms with Gasteiger partial charge in [0.1, 0.15) is 5.82 Å². The number of hydrogen-bond acceptors (Lipinski definition) is 4. The van der Waals surface area contributed by atoms with Crippen LogP contribution in [0.3, 0.4) is 0 Å². The summed E-state index contributed by atoms with van der Waals surface area (Å²) in [7, 11) is 1.65. The molecule has 0 spiro atoms. The third kappa shape index (κ3) is 3.38. The average Bonchev–Trinajstić information content (AvgIpc) is 2.84. The summed E-state index contributed by atoms with van der Waals surface area (Å²) >= 11 is 0. The highest BCUT2D eigenvalue weighted by Gasteiger charge is 2.12. The van der Waals surface area contributed by atoms with Crippen LogP contribution in [0, 0.1) is 6.92 Å². The number of nitrogens with one attached hydrogen (secondary N) is 2. The second-order valence-corrected chi connectivity index (χ2v) is 4.10. The number of benzene rings is 1. The standard InChI is InChI=1S/C13H16N4O2/c1-9-14-12(17-16-9)13(18)15-11-6-4-3-5-10(11)7-8-19-2/h3-6H,7-8H2,1-2H3,(H,15,18)(H,14,16,17). The van der Waals surface area contributed by atoms with Crippen molar-refractivity contribution in [2.24, 2.45) is 0 Å². The van der Waals surface area contributed by atoms with Crippen LogP contribution in [0.25, 0.3) is 0 Å². The van der Waals surface area contributed by atoms with Gasteiger partial charge in [0.2, 0.25) is 5.82 Å². The number of amides is 1. The molecule has 0 fully saturated rings. The average molecular weight is 260 g/mol. The number of aryl methyl sites for hydroxylation is 1. The smallest absolute Gasteiger partial charge is 0.295 e. The zero-order chi connectivity index (χ0) is 13.7. The first-order valence-corrected chi connectivity index (χ1v) is 5.98. The Morgan fingerprint density at radius 2 is 2.21 bits per heavy atom. The highest BCUT2D eigenvalue weighted by molar-refractivity contribution is 6.01. The van der Waals surface area contributed by atoms with Crippen molar-refractivity contribution in [3.8, 4) is 0 Å². The monoisotopic (exact) mass is 260 g/mol. The summed E-state index contributed by atoms with van der Waals surface area (Å²) in [4.78, 5) is 16.0. The summed E-state index contributed by atoms with van der Waals surface area (Å²) in [6, 6.07) is 7.60. The minimum Gasteiger partial charge on any atom is -0.384 e. The molecule has 6 heteroatoms. The molecular weight excluding hydrogens is 244 g/mol. The van der Waals surface area contributed by atoms with Crippen LogP contribution in [-0.4, -0.2) is 34.8 Å². The van der Waals surface area contributed by atoms with Gasteiger partial charge in [0.05, 0.1) is 6.61 Å². The largest absolute Gasteiger partial charge is 0.384 e. The van der Waals surface area contributed by atoms with E-state index in [1.54, 1.807) is 14.0 Å². The van der Waals surface area contributed by atoms with Gasteiger partial charge in [0.25, 0.3) is 5.91 Å². The highest BCUT2D eigenvalue weighted by Crippen LogP contribution is 2.16. The minimum absolute atomic E-state index is 0.138. The predicted octanol–water partition coefficient (Wildman–Crippen LogP) is 1.55. The van der Waals surface area contributed by atoms with E-state index in [2.05, 4.69) is 20.5 Å². The van der Waals surface area contributed by atoms with Gasteiger partial charge in [-0.2, -0.15) is 0 Å². The number of H-pyrrole nitrogens is 1. The molecule has 0 bridgehead atoms. The van der Waals surface area contributed by atoms with E-state index in [1.807, 2.05) is 24.3 Å². The molecule has 0 aliphatic rings. The van der Waals surface area contributed by atoms with Crippen molar-refractivity contribution in [2.45, 2.75) is 13.3 Å². The van der Waals surface area contributed by atoms with Gasteiger partial charge in [-0.3, -0.25) is 9.89 Å². The maximum atomic E-state index is 12.0. The molecule has 100 valence electrons. The lowest BCUT2D eigenvalue weighted by Crippen LogP contribution is -2.15. The van der Waals surface area contributed by atoms with Crippen LogP contribution in [0.2, 0.25) is 0 Å². The number of hydrogen-bond donors (Lipinski definition) is 2. The quantitative estimate of drug-likeness (QED) is 0.854. The first-order valence-electron chi connectivity index (χ1n) is 5.98. The molecule has 6 nitrogen and oxygen atoms in total. The fraction of sp³-hybridized carbons (Fsp3) is 0.308. The van der Waals surface area contributed by atoms with Crippen LogP contribution in [-0.2, 0) is 11.2 Å². The van der Waals surface area contributed by atoms with Crippen LogP contribution < -0.4 is 5.32 Å². The summed E-state index contributed by atoms with van der Waals surface area (Å²) < 4.78 is 5.05. The second kappa shape index (κ2) is 6.10. The highest BCUT2D eigenvalue weighted by atomic mass is 16.5. The van der Waals surface area contributed by atoms with Crippen molar-refractivity contribution >= 4 is 11.6 Å². The van der Waals surface area contributed by atoms with Crippen molar-refractivity contribution in [3.05, 3.63) is 41.5 Å². The summed E-state index contributed by atoms with van der Waals surface area (Å²) in [5.41, 5.74) is 1.77. The van der Waals surface area contributed by atoms with Crippen LogP contribution in [0.15, 0.2) is 24.3 Å². The zero-order valence-corrected chi connectivity index (χ0v) is 10.9. The first kappa shape index (κ1) is 13.2. The molecule has 1 aromatic heterocycles. The van der Waals surface area contributed by atoms with Gasteiger partial charge in [-0.05, 0) is 25.0 Å². The van der Waals surface area contributed by atoms with E-state index in [4.69, 9.17) is 4.74 Å². The summed E-state index contributed by atoms with van der Waals surface area (Å²) in [5.74, 6) is 0.422. The molecule has 0 atom stereocenters. The van der Waals surface area contributed by atoms with Crippen molar-refractivity contribution in [3.63, 3.8) is 0 Å². The molecular formula is C13H16N4O2. The molecule has 19 heavy (non-hydrogen) atoms. The number of ether oxygens (including phenoxy) is 1. The number of anilines is 1. The Hall–Kier alpha value is -2.21. The van der Waals surface area contributed by atoms with Crippen LogP contribution in [0.5, 0.6) is 0 Å². The Morgan fingerprint density at radius 3 is 2.89 bits per heavy atom. The van der Waals surface area contributed by atoms with E-state index in [0.29, 0.717) is 12.4 Å². The van der Waals surface area contributed by atoms with Crippen molar-refractivity contribution in [2.75, 3.05) is 19.0 Å². The molecule has 1 amide bonds. The molecule has 0 saturated carbocycles. The van der Waals surface area contributed by atoms with Crippen LogP contribution in [0.1, 0.15) is 22.0 Å². The fourth-order valence-electron chi connectivity index (χ4n) is 1.69. The van der Waals surface area contributed by atoms with Gasteiger partial charge >= 0.3 is 0 Å². The lowest BCUT2D eigenvalue weighted by Gasteiger charge is -2.09. The molecule has 1 heterocycles. The molecule has 0 radical (unpaired) electrons. The second-order valence-electron chi connectivity index (χ2n) is 4.10. The third-order valence-electron chi connectivity index (χ3n) is 2.64. The Labute approximate surface area is 111 Å². The number of para-hydroxylation sites is 1. The topological polar surface area (TPSA) is 79.9 Å². The van der Waals surface area contributed by atoms with Gasteiger partial charge < -0.3 is 10.1 Å². The third-order valence-corrected chi connectivity index (χ3v) is 2.64. The van der Waals surface area contributed by atoms with E-state index >= 15 is 0 Å². The Morgan fingerprint density at radius 1 is 1.42 bits per heavy atom. The Kier molecular flexibility index (Phi) is 4.25. The van der Waals surface area contributed by atoms with Crippen molar-refractivity contribution in [1.29, 1.82) is 0 Å². The molecule has 2 aromatic rings. The number of rotatable bonds is 5. The van der Waals surface area contributed by atoms with Gasteiger partial charge in [-0.25, -0.2) is 4.98 Å². The van der Waals surface area contributed by atoms with Crippen molar-refractivity contribution < 1.29 is 9.53 Å². The maximum Gasteiger partial charge on any atom is 0.295 e. The molecule has 2 rings (SSSR count). The molecule has 1 aromatic carbocycles. The van der Waals surface area contributed by atoms with Crippen LogP contribution in [0.4, 0.5) is 5.69 Å². The Bertz CT molecular complexity index is 565. The normalized spacial score (nSPS) is 10.4. The maximum absolute atomic E-state index is 12.0. The number of carbonyl (C=O) groups is 1. The van der Waals surface area contributed by atoms with E-state index in [0.717, 1.165) is 17.7 Å². The number of aromatic nitrogens is 3. The lowest BCUT2D eigenvalue weighted by atomic mass is 10.1. The van der Waals surface area contributed by atoms with Gasteiger partial charge in [0, 0.05) is 12.8 Å². The van der Waals surface area contributed by atoms with E-state index in [-0.39, 0.29) is 11.7 Å². The molecule has 0 unspecified atom stereocenters. The van der Waals surface area contributed by atoms with E-state index < -0.39 is 0 Å². The predicted molar refractivity (Wildman–Crippen MR) is 71.1 cm³/mol. The Balaban J connectivity index is 2.12. The number of methoxy groups -OCH3 is 1. The summed E-state index contributed by atoms with van der Waals surface area (Å²) in [5, 5.41) is 9.28. The van der Waals surface area contributed by atoms with Crippen LogP contribution >= 0.6 is 0 Å². The van der Waals surface area contributed by atoms with Gasteiger partial charge in [0.15, 0.2) is 0 Å². The van der Waals surface area contributed by atoms with Gasteiger partial charge in [-0.1, -0.05) is 18.2 Å². The van der Waals surface area contributed by atoms with E-state index in [9.17, 15) is 4.79 Å². The number of nitrogens with zero attached hydrogens (tertiary/aromatic N) is 2. The molecule has 0 aliphatic carbocycles. The molecule has 0 aliphatic heterocycles. The minimum atomic E-state index is -0.325. The van der Waals surface area contributed by atoms with Crippen molar-refractivity contribution in [1.82, 2.24) is 15.2 Å². The molecule has 0 saturated heterocycles. The SMILES string of the molecule is COCCc1ccccc1NC(=O)c1n[nH]c(C)n1. The summed E-state index contributed by atoms with van der Waals surface area (Å²) in [6.07, 6.45) is 0.736. The van der Waals surface area contributed by atoms with E-state index in [1.165, 1.54) is 0 Å². The number of carbonyl (C=O) groups excluding carboxylic acids is 1. The molecule has 2 N–H and O–H groups in total. The zero-order valence-electron chi connectivity index (χ0n) is 10.9. The fourth-order valence-corrected chi connectivity index (χ4v) is 1.69. The lowest BCUT2D eigenvalue weighted by molar-refractivity contribution is 0.101. The van der Waals surface area contributed by atoms with Gasteiger partial charge in [-0.15, -0.1) is 5.10 Å².